The second-order valence-corrected chi connectivity index (χ2v) is 7.00. The van der Waals surface area contributed by atoms with Gasteiger partial charge in [0.05, 0.1) is 16.3 Å². The molecule has 0 aliphatic heterocycles. The molecular formula is C17H12N4O2S2. The van der Waals surface area contributed by atoms with Gasteiger partial charge >= 0.3 is 0 Å². The number of thiophene rings is 1. The summed E-state index contributed by atoms with van der Waals surface area (Å²) in [6, 6.07) is 14.9. The summed E-state index contributed by atoms with van der Waals surface area (Å²) in [4.78, 5) is 24.4. The van der Waals surface area contributed by atoms with Crippen LogP contribution in [0.3, 0.4) is 0 Å². The molecule has 0 spiro atoms. The molecule has 1 aromatic carbocycles. The lowest BCUT2D eigenvalue weighted by molar-refractivity contribution is 0.426. The number of thioether (sulfide) groups is 1. The quantitative estimate of drug-likeness (QED) is 0.425. The van der Waals surface area contributed by atoms with Crippen molar-refractivity contribution < 1.29 is 4.52 Å². The Morgan fingerprint density at radius 3 is 2.80 bits per heavy atom. The Hall–Kier alpha value is -2.71. The lowest BCUT2D eigenvalue weighted by Gasteiger charge is -2.03. The van der Waals surface area contributed by atoms with Crippen LogP contribution in [0.5, 0.6) is 0 Å². The van der Waals surface area contributed by atoms with E-state index in [2.05, 4.69) is 20.1 Å². The fourth-order valence-electron chi connectivity index (χ4n) is 2.21. The highest BCUT2D eigenvalue weighted by Crippen LogP contribution is 2.25. The molecule has 0 bridgehead atoms. The highest BCUT2D eigenvalue weighted by Gasteiger charge is 2.11. The molecule has 1 N–H and O–H groups in total. The zero-order chi connectivity index (χ0) is 17.1. The molecule has 0 saturated carbocycles. The van der Waals surface area contributed by atoms with Crippen LogP contribution in [0.25, 0.3) is 22.0 Å². The Balaban J connectivity index is 1.52. The second-order valence-electron chi connectivity index (χ2n) is 5.08. The summed E-state index contributed by atoms with van der Waals surface area (Å²) in [5.74, 6) is 1.52. The monoisotopic (exact) mass is 368 g/mol. The molecule has 4 rings (SSSR count). The van der Waals surface area contributed by atoms with E-state index in [0.717, 1.165) is 10.4 Å². The van der Waals surface area contributed by atoms with Crippen LogP contribution in [-0.4, -0.2) is 20.1 Å². The molecule has 0 aliphatic rings. The minimum absolute atomic E-state index is 0.191. The molecular weight excluding hydrogens is 356 g/mol. The van der Waals surface area contributed by atoms with Crippen molar-refractivity contribution in [1.82, 2.24) is 20.1 Å². The Kier molecular flexibility index (Phi) is 4.45. The Morgan fingerprint density at radius 2 is 2.00 bits per heavy atom. The van der Waals surface area contributed by atoms with E-state index in [1.165, 1.54) is 17.8 Å². The standard InChI is InChI=1S/C17H12N4O2S2/c22-15-9-12(11-5-2-1-3-6-11)18-17(20-15)25-10-14-19-16(23-21-14)13-7-4-8-24-13/h1-9H,10H2,(H,18,20,22). The zero-order valence-corrected chi connectivity index (χ0v) is 14.5. The van der Waals surface area contributed by atoms with Crippen molar-refractivity contribution in [3.05, 3.63) is 70.1 Å². The van der Waals surface area contributed by atoms with E-state index in [1.54, 1.807) is 11.3 Å². The summed E-state index contributed by atoms with van der Waals surface area (Å²) in [6.07, 6.45) is 0. The van der Waals surface area contributed by atoms with Crippen molar-refractivity contribution >= 4 is 23.1 Å². The maximum absolute atomic E-state index is 11.9. The first-order chi connectivity index (χ1) is 12.3. The highest BCUT2D eigenvalue weighted by atomic mass is 32.2. The van der Waals surface area contributed by atoms with E-state index >= 15 is 0 Å². The number of hydrogen-bond acceptors (Lipinski definition) is 7. The molecule has 0 aliphatic carbocycles. The topological polar surface area (TPSA) is 84.7 Å². The van der Waals surface area contributed by atoms with Crippen LogP contribution in [0.15, 0.2) is 68.4 Å². The van der Waals surface area contributed by atoms with Crippen molar-refractivity contribution in [2.75, 3.05) is 0 Å². The Bertz CT molecular complexity index is 1030. The third kappa shape index (κ3) is 3.70. The second kappa shape index (κ2) is 7.04. The fourth-order valence-corrected chi connectivity index (χ4v) is 3.57. The van der Waals surface area contributed by atoms with Gasteiger partial charge in [0.25, 0.3) is 11.4 Å². The highest BCUT2D eigenvalue weighted by molar-refractivity contribution is 7.98. The minimum atomic E-state index is -0.191. The number of nitrogens with zero attached hydrogens (tertiary/aromatic N) is 3. The molecule has 124 valence electrons. The molecule has 8 heteroatoms. The third-order valence-electron chi connectivity index (χ3n) is 3.33. The maximum atomic E-state index is 11.9. The number of benzene rings is 1. The van der Waals surface area contributed by atoms with E-state index in [-0.39, 0.29) is 5.56 Å². The van der Waals surface area contributed by atoms with Crippen LogP contribution in [0, 0.1) is 0 Å². The van der Waals surface area contributed by atoms with E-state index in [0.29, 0.717) is 28.3 Å². The average Bonchev–Trinajstić information content (AvgIpc) is 3.32. The number of rotatable bonds is 5. The van der Waals surface area contributed by atoms with Crippen LogP contribution >= 0.6 is 23.1 Å². The van der Waals surface area contributed by atoms with Gasteiger partial charge in [0.2, 0.25) is 0 Å². The van der Waals surface area contributed by atoms with E-state index in [1.807, 2.05) is 47.8 Å². The summed E-state index contributed by atoms with van der Waals surface area (Å²) in [6.45, 7) is 0. The van der Waals surface area contributed by atoms with Crippen molar-refractivity contribution in [1.29, 1.82) is 0 Å². The lowest BCUT2D eigenvalue weighted by Crippen LogP contribution is -2.08. The van der Waals surface area contributed by atoms with E-state index in [4.69, 9.17) is 4.52 Å². The fraction of sp³-hybridized carbons (Fsp3) is 0.0588. The first kappa shape index (κ1) is 15.8. The van der Waals surface area contributed by atoms with Gasteiger partial charge in [0.1, 0.15) is 0 Å². The summed E-state index contributed by atoms with van der Waals surface area (Å²) in [7, 11) is 0. The van der Waals surface area contributed by atoms with Crippen LogP contribution in [-0.2, 0) is 5.75 Å². The van der Waals surface area contributed by atoms with Gasteiger partial charge in [-0.3, -0.25) is 4.79 Å². The van der Waals surface area contributed by atoms with Gasteiger partial charge < -0.3 is 9.51 Å². The largest absolute Gasteiger partial charge is 0.333 e. The number of aromatic nitrogens is 4. The number of nitrogens with one attached hydrogen (secondary N) is 1. The zero-order valence-electron chi connectivity index (χ0n) is 12.9. The van der Waals surface area contributed by atoms with Gasteiger partial charge in [-0.2, -0.15) is 4.98 Å². The number of hydrogen-bond donors (Lipinski definition) is 1. The summed E-state index contributed by atoms with van der Waals surface area (Å²) < 4.78 is 5.26. The first-order valence-electron chi connectivity index (χ1n) is 7.44. The minimum Gasteiger partial charge on any atom is -0.333 e. The first-order valence-corrected chi connectivity index (χ1v) is 9.30. The molecule has 3 aromatic heterocycles. The van der Waals surface area contributed by atoms with E-state index in [9.17, 15) is 4.79 Å². The molecule has 3 heterocycles. The predicted molar refractivity (Wildman–Crippen MR) is 97.5 cm³/mol. The Labute approximate surface area is 151 Å². The van der Waals surface area contributed by atoms with Crippen LogP contribution in [0.2, 0.25) is 0 Å². The predicted octanol–water partition coefficient (Wildman–Crippen LogP) is 3.84. The van der Waals surface area contributed by atoms with Crippen LogP contribution in [0.4, 0.5) is 0 Å². The van der Waals surface area contributed by atoms with Gasteiger partial charge in [0, 0.05) is 11.6 Å². The van der Waals surface area contributed by atoms with Gasteiger partial charge in [-0.05, 0) is 11.4 Å². The molecule has 0 saturated heterocycles. The van der Waals surface area contributed by atoms with Gasteiger partial charge in [-0.15, -0.1) is 11.3 Å². The van der Waals surface area contributed by atoms with Crippen LogP contribution < -0.4 is 5.56 Å². The van der Waals surface area contributed by atoms with Crippen molar-refractivity contribution in [3.63, 3.8) is 0 Å². The molecule has 0 unspecified atom stereocenters. The summed E-state index contributed by atoms with van der Waals surface area (Å²) in [5.41, 5.74) is 1.35. The van der Waals surface area contributed by atoms with Gasteiger partial charge in [-0.1, -0.05) is 53.3 Å². The molecule has 6 nitrogen and oxygen atoms in total. The molecule has 0 radical (unpaired) electrons. The third-order valence-corrected chi connectivity index (χ3v) is 5.05. The summed E-state index contributed by atoms with van der Waals surface area (Å²) in [5, 5.41) is 6.45. The number of aromatic amines is 1. The molecule has 0 atom stereocenters. The molecule has 0 fully saturated rings. The van der Waals surface area contributed by atoms with Gasteiger partial charge in [-0.25, -0.2) is 4.98 Å². The molecule has 25 heavy (non-hydrogen) atoms. The van der Waals surface area contributed by atoms with E-state index < -0.39 is 0 Å². The smallest absolute Gasteiger partial charge is 0.268 e. The van der Waals surface area contributed by atoms with Crippen molar-refractivity contribution in [2.24, 2.45) is 0 Å². The average molecular weight is 368 g/mol. The normalized spacial score (nSPS) is 10.9. The molecule has 4 aromatic rings. The van der Waals surface area contributed by atoms with Gasteiger partial charge in [0.15, 0.2) is 11.0 Å². The lowest BCUT2D eigenvalue weighted by atomic mass is 10.1. The Morgan fingerprint density at radius 1 is 1.12 bits per heavy atom. The van der Waals surface area contributed by atoms with Crippen molar-refractivity contribution in [2.45, 2.75) is 10.9 Å². The maximum Gasteiger partial charge on any atom is 0.268 e. The summed E-state index contributed by atoms with van der Waals surface area (Å²) >= 11 is 2.90. The van der Waals surface area contributed by atoms with Crippen molar-refractivity contribution in [3.8, 4) is 22.0 Å². The molecule has 0 amide bonds. The number of H-pyrrole nitrogens is 1. The SMILES string of the molecule is O=c1cc(-c2ccccc2)nc(SCc2noc(-c3cccs3)n2)[nH]1. The van der Waals surface area contributed by atoms with Crippen LogP contribution in [0.1, 0.15) is 5.82 Å².